The van der Waals surface area contributed by atoms with Gasteiger partial charge < -0.3 is 64.2 Å². The van der Waals surface area contributed by atoms with Crippen LogP contribution >= 0.6 is 0 Å². The smallest absolute Gasteiger partial charge is 0.229 e. The molecule has 0 spiro atoms. The van der Waals surface area contributed by atoms with Gasteiger partial charge in [0, 0.05) is 17.7 Å². The molecule has 0 saturated carbocycles. The third kappa shape index (κ3) is 5.74. The van der Waals surface area contributed by atoms with E-state index in [0.717, 1.165) is 0 Å². The van der Waals surface area contributed by atoms with Crippen LogP contribution in [-0.2, 0) is 14.2 Å². The lowest BCUT2D eigenvalue weighted by Crippen LogP contribution is -2.61. The van der Waals surface area contributed by atoms with Crippen molar-refractivity contribution in [3.8, 4) is 28.6 Å². The van der Waals surface area contributed by atoms with Gasteiger partial charge in [0.1, 0.15) is 59.8 Å². The Bertz CT molecular complexity index is 1440. The Kier molecular flexibility index (Phi) is 8.20. The van der Waals surface area contributed by atoms with E-state index in [-0.39, 0.29) is 28.2 Å². The first-order chi connectivity index (χ1) is 19.4. The third-order valence-corrected chi connectivity index (χ3v) is 7.11. The SMILES string of the molecule is C[C@@H]1O[C@@H](OC[C@@H]2O[C@H](Oc3ccc4c(=O)cc(-c5ccc(O)c(O)c5)oc4c3)[C@@H](O)[C@@H](O)[C@H]2O)[C@H](O)[C@@H](O)[C@H]1O. The molecule has 14 nitrogen and oxygen atoms in total. The van der Waals surface area contributed by atoms with Gasteiger partial charge in [-0.15, -0.1) is 0 Å². The molecule has 0 unspecified atom stereocenters. The van der Waals surface area contributed by atoms with Gasteiger partial charge in [-0.25, -0.2) is 0 Å². The fraction of sp³-hybridized carbons (Fsp3) is 0.444. The van der Waals surface area contributed by atoms with Gasteiger partial charge >= 0.3 is 0 Å². The second-order valence-corrected chi connectivity index (χ2v) is 9.98. The van der Waals surface area contributed by atoms with Crippen molar-refractivity contribution in [2.24, 2.45) is 0 Å². The zero-order valence-corrected chi connectivity index (χ0v) is 21.5. The van der Waals surface area contributed by atoms with Crippen LogP contribution < -0.4 is 10.2 Å². The van der Waals surface area contributed by atoms with E-state index in [1.807, 2.05) is 0 Å². The maximum absolute atomic E-state index is 12.7. The molecule has 0 aliphatic carbocycles. The number of ether oxygens (including phenoxy) is 4. The molecule has 2 fully saturated rings. The van der Waals surface area contributed by atoms with Crippen LogP contribution in [0.2, 0.25) is 0 Å². The summed E-state index contributed by atoms with van der Waals surface area (Å²) in [5.41, 5.74) is 0.00544. The van der Waals surface area contributed by atoms with Crippen molar-refractivity contribution in [3.05, 3.63) is 52.7 Å². The van der Waals surface area contributed by atoms with E-state index in [1.165, 1.54) is 49.4 Å². The van der Waals surface area contributed by atoms with E-state index in [2.05, 4.69) is 0 Å². The number of aliphatic hydroxyl groups excluding tert-OH is 6. The highest BCUT2D eigenvalue weighted by Crippen LogP contribution is 2.32. The molecular weight excluding hydrogens is 548 g/mol. The van der Waals surface area contributed by atoms with Gasteiger partial charge in [-0.3, -0.25) is 4.79 Å². The molecule has 41 heavy (non-hydrogen) atoms. The molecule has 1 aromatic heterocycles. The monoisotopic (exact) mass is 578 g/mol. The summed E-state index contributed by atoms with van der Waals surface area (Å²) in [6.07, 6.45) is -14.6. The molecular formula is C27H30O14. The van der Waals surface area contributed by atoms with Crippen molar-refractivity contribution in [1.29, 1.82) is 0 Å². The molecule has 14 heteroatoms. The summed E-state index contributed by atoms with van der Waals surface area (Å²) in [4.78, 5) is 12.7. The van der Waals surface area contributed by atoms with Gasteiger partial charge in [0.05, 0.1) is 18.1 Å². The summed E-state index contributed by atoms with van der Waals surface area (Å²) in [6.45, 7) is 1.01. The van der Waals surface area contributed by atoms with E-state index in [1.54, 1.807) is 0 Å². The zero-order chi connectivity index (χ0) is 29.6. The number of phenolic OH excluding ortho intramolecular Hbond substituents is 2. The van der Waals surface area contributed by atoms with Crippen molar-refractivity contribution < 1.29 is 64.2 Å². The van der Waals surface area contributed by atoms with Crippen molar-refractivity contribution in [1.82, 2.24) is 0 Å². The molecule has 10 atom stereocenters. The van der Waals surface area contributed by atoms with Gasteiger partial charge in [-0.05, 0) is 37.3 Å². The minimum Gasteiger partial charge on any atom is -0.504 e. The molecule has 2 aliphatic rings. The number of benzene rings is 2. The minimum absolute atomic E-state index is 0.0654. The largest absolute Gasteiger partial charge is 0.504 e. The predicted molar refractivity (Wildman–Crippen MR) is 137 cm³/mol. The first-order valence-electron chi connectivity index (χ1n) is 12.7. The molecule has 222 valence electrons. The Morgan fingerprint density at radius 1 is 0.756 bits per heavy atom. The topological polar surface area (TPSA) is 229 Å². The number of aromatic hydroxyl groups is 2. The van der Waals surface area contributed by atoms with Crippen LogP contribution in [0.25, 0.3) is 22.3 Å². The molecule has 0 bridgehead atoms. The number of fused-ring (bicyclic) bond motifs is 1. The van der Waals surface area contributed by atoms with E-state index in [9.17, 15) is 45.6 Å². The maximum atomic E-state index is 12.7. The molecule has 2 aliphatic heterocycles. The van der Waals surface area contributed by atoms with Gasteiger partial charge in [0.25, 0.3) is 0 Å². The van der Waals surface area contributed by atoms with Crippen LogP contribution in [0.5, 0.6) is 17.2 Å². The fourth-order valence-corrected chi connectivity index (χ4v) is 4.65. The number of hydrogen-bond donors (Lipinski definition) is 8. The Hall–Kier alpha value is -3.31. The fourth-order valence-electron chi connectivity index (χ4n) is 4.65. The number of hydrogen-bond acceptors (Lipinski definition) is 14. The molecule has 3 heterocycles. The highest BCUT2D eigenvalue weighted by molar-refractivity contribution is 5.80. The first kappa shape index (κ1) is 29.2. The van der Waals surface area contributed by atoms with Crippen LogP contribution in [0.4, 0.5) is 0 Å². The van der Waals surface area contributed by atoms with Crippen LogP contribution in [-0.4, -0.2) is 109 Å². The average Bonchev–Trinajstić information content (AvgIpc) is 2.95. The summed E-state index contributed by atoms with van der Waals surface area (Å²) in [6, 6.07) is 9.30. The minimum atomic E-state index is -1.72. The molecule has 0 radical (unpaired) electrons. The Morgan fingerprint density at radius 3 is 2.20 bits per heavy atom. The van der Waals surface area contributed by atoms with Crippen LogP contribution in [0.3, 0.4) is 0 Å². The highest BCUT2D eigenvalue weighted by atomic mass is 16.7. The van der Waals surface area contributed by atoms with Gasteiger partial charge in [-0.1, -0.05) is 0 Å². The normalized spacial score (nSPS) is 34.0. The molecule has 2 saturated heterocycles. The third-order valence-electron chi connectivity index (χ3n) is 7.11. The van der Waals surface area contributed by atoms with E-state index in [0.29, 0.717) is 5.56 Å². The lowest BCUT2D eigenvalue weighted by Gasteiger charge is -2.42. The quantitative estimate of drug-likeness (QED) is 0.162. The second-order valence-electron chi connectivity index (χ2n) is 9.98. The van der Waals surface area contributed by atoms with Crippen molar-refractivity contribution in [2.75, 3.05) is 6.61 Å². The summed E-state index contributed by atoms with van der Waals surface area (Å²) in [5.74, 6) is -0.588. The van der Waals surface area contributed by atoms with Crippen LogP contribution in [0, 0.1) is 0 Å². The highest BCUT2D eigenvalue weighted by Gasteiger charge is 2.47. The average molecular weight is 579 g/mol. The molecule has 0 amide bonds. The Labute approximate surface area is 231 Å². The summed E-state index contributed by atoms with van der Waals surface area (Å²) in [7, 11) is 0. The van der Waals surface area contributed by atoms with Gasteiger partial charge in [-0.2, -0.15) is 0 Å². The van der Waals surface area contributed by atoms with Crippen LogP contribution in [0.15, 0.2) is 51.7 Å². The number of rotatable bonds is 6. The summed E-state index contributed by atoms with van der Waals surface area (Å²) in [5, 5.41) is 80.9. The van der Waals surface area contributed by atoms with Gasteiger partial charge in [0.2, 0.25) is 6.29 Å². The first-order valence-corrected chi connectivity index (χ1v) is 12.7. The Morgan fingerprint density at radius 2 is 1.46 bits per heavy atom. The number of aliphatic hydroxyl groups is 6. The van der Waals surface area contributed by atoms with Crippen molar-refractivity contribution in [2.45, 2.75) is 68.3 Å². The van der Waals surface area contributed by atoms with Crippen LogP contribution in [0.1, 0.15) is 6.92 Å². The molecule has 8 N–H and O–H groups in total. The summed E-state index contributed by atoms with van der Waals surface area (Å²) < 4.78 is 28.0. The standard InChI is InChI=1S/C27H30O14/c1-10-20(31)22(33)24(35)26(38-10)37-9-19-21(32)23(34)25(36)27(41-19)39-12-3-4-13-15(29)8-17(40-18(13)7-12)11-2-5-14(28)16(30)6-11/h2-8,10,19-28,30-36H,9H2,1H3/t10-,19-,20-,21-,22-,23-,24+,25-,26+,27-/m0/s1. The summed E-state index contributed by atoms with van der Waals surface area (Å²) >= 11 is 0. The molecule has 2 aromatic carbocycles. The molecule has 3 aromatic rings. The van der Waals surface area contributed by atoms with E-state index in [4.69, 9.17) is 23.4 Å². The zero-order valence-electron chi connectivity index (χ0n) is 21.5. The van der Waals surface area contributed by atoms with Crippen molar-refractivity contribution >= 4 is 11.0 Å². The predicted octanol–water partition coefficient (Wildman–Crippen LogP) is -1.10. The van der Waals surface area contributed by atoms with E-state index >= 15 is 0 Å². The Balaban J connectivity index is 1.33. The lowest BCUT2D eigenvalue weighted by molar-refractivity contribution is -0.318. The van der Waals surface area contributed by atoms with Gasteiger partial charge in [0.15, 0.2) is 23.2 Å². The molecule has 5 rings (SSSR count). The van der Waals surface area contributed by atoms with Crippen molar-refractivity contribution in [3.63, 3.8) is 0 Å². The lowest BCUT2D eigenvalue weighted by atomic mass is 9.98. The maximum Gasteiger partial charge on any atom is 0.229 e. The number of phenols is 2. The second kappa shape index (κ2) is 11.5. The van der Waals surface area contributed by atoms with E-state index < -0.39 is 79.2 Å².